The van der Waals surface area contributed by atoms with Crippen LogP contribution in [0.25, 0.3) is 0 Å². The van der Waals surface area contributed by atoms with Gasteiger partial charge in [-0.3, -0.25) is 4.79 Å². The average molecular weight is 313 g/mol. The van der Waals surface area contributed by atoms with Crippen molar-refractivity contribution in [3.8, 4) is 0 Å². The van der Waals surface area contributed by atoms with Gasteiger partial charge >= 0.3 is 0 Å². The molecule has 0 aliphatic carbocycles. The van der Waals surface area contributed by atoms with E-state index in [4.69, 9.17) is 11.6 Å². The van der Waals surface area contributed by atoms with E-state index in [-0.39, 0.29) is 21.0 Å². The van der Waals surface area contributed by atoms with Crippen molar-refractivity contribution in [1.29, 1.82) is 0 Å². The molecule has 0 bridgehead atoms. The lowest BCUT2D eigenvalue weighted by Gasteiger charge is -2.05. The minimum atomic E-state index is -3.42. The molecule has 0 heterocycles. The van der Waals surface area contributed by atoms with E-state index < -0.39 is 21.4 Å². The quantitative estimate of drug-likeness (QED) is 0.818. The minimum absolute atomic E-state index is 0.00248. The average Bonchev–Trinajstić information content (AvgIpc) is 2.40. The molecular formula is C14H10ClFO3S. The van der Waals surface area contributed by atoms with E-state index in [9.17, 15) is 17.6 Å². The van der Waals surface area contributed by atoms with Gasteiger partial charge in [0.15, 0.2) is 15.6 Å². The molecular weight excluding hydrogens is 303 g/mol. The van der Waals surface area contributed by atoms with Crippen molar-refractivity contribution < 1.29 is 17.6 Å². The van der Waals surface area contributed by atoms with Crippen molar-refractivity contribution in [2.24, 2.45) is 0 Å². The van der Waals surface area contributed by atoms with Crippen molar-refractivity contribution in [2.75, 3.05) is 6.26 Å². The second kappa shape index (κ2) is 5.34. The van der Waals surface area contributed by atoms with Gasteiger partial charge in [0, 0.05) is 17.4 Å². The molecule has 0 spiro atoms. The summed E-state index contributed by atoms with van der Waals surface area (Å²) < 4.78 is 36.1. The van der Waals surface area contributed by atoms with Crippen LogP contribution in [0.1, 0.15) is 15.9 Å². The van der Waals surface area contributed by atoms with Crippen LogP contribution in [-0.4, -0.2) is 20.5 Å². The summed E-state index contributed by atoms with van der Waals surface area (Å²) in [5, 5.41) is 0.112. The zero-order valence-corrected chi connectivity index (χ0v) is 12.0. The maximum Gasteiger partial charge on any atom is 0.194 e. The molecule has 0 aliphatic rings. The number of carbonyl (C=O) groups excluding carboxylic acids is 1. The first-order valence-corrected chi connectivity index (χ1v) is 7.86. The molecule has 0 fully saturated rings. The van der Waals surface area contributed by atoms with Gasteiger partial charge in [-0.05, 0) is 30.3 Å². The Balaban J connectivity index is 2.52. The fourth-order valence-electron chi connectivity index (χ4n) is 1.69. The first-order chi connectivity index (χ1) is 9.29. The molecule has 0 N–H and O–H groups in total. The summed E-state index contributed by atoms with van der Waals surface area (Å²) in [6, 6.07) is 9.00. The Kier molecular flexibility index (Phi) is 3.92. The van der Waals surface area contributed by atoms with E-state index >= 15 is 0 Å². The molecule has 2 aromatic rings. The third kappa shape index (κ3) is 3.05. The first-order valence-electron chi connectivity index (χ1n) is 5.59. The lowest BCUT2D eigenvalue weighted by Crippen LogP contribution is -2.05. The number of rotatable bonds is 3. The van der Waals surface area contributed by atoms with Crippen molar-refractivity contribution in [2.45, 2.75) is 4.90 Å². The number of hydrogen-bond donors (Lipinski definition) is 0. The van der Waals surface area contributed by atoms with E-state index in [1.54, 1.807) is 0 Å². The lowest BCUT2D eigenvalue weighted by molar-refractivity contribution is 0.103. The van der Waals surface area contributed by atoms with Crippen LogP contribution in [0, 0.1) is 5.82 Å². The highest BCUT2D eigenvalue weighted by Crippen LogP contribution is 2.22. The monoisotopic (exact) mass is 312 g/mol. The lowest BCUT2D eigenvalue weighted by atomic mass is 10.0. The standard InChI is InChI=1S/C14H10ClFO3S/c1-20(18,19)11-4-2-3-9(7-11)14(17)12-8-10(16)5-6-13(12)15/h2-8H,1H3. The molecule has 0 unspecified atom stereocenters. The maximum atomic E-state index is 13.2. The molecule has 0 saturated carbocycles. The van der Waals surface area contributed by atoms with Crippen LogP contribution >= 0.6 is 11.6 Å². The Morgan fingerprint density at radius 3 is 2.50 bits per heavy atom. The van der Waals surface area contributed by atoms with E-state index in [1.165, 1.54) is 30.3 Å². The van der Waals surface area contributed by atoms with E-state index in [0.29, 0.717) is 0 Å². The zero-order chi connectivity index (χ0) is 14.9. The Hall–Kier alpha value is -1.72. The van der Waals surface area contributed by atoms with E-state index in [1.807, 2.05) is 0 Å². The molecule has 2 rings (SSSR count). The second-order valence-corrected chi connectivity index (χ2v) is 6.68. The summed E-state index contributed by atoms with van der Waals surface area (Å²) in [7, 11) is -3.42. The van der Waals surface area contributed by atoms with Gasteiger partial charge < -0.3 is 0 Å². The molecule has 0 aliphatic heterocycles. The van der Waals surface area contributed by atoms with Crippen molar-refractivity contribution in [3.63, 3.8) is 0 Å². The number of benzene rings is 2. The Morgan fingerprint density at radius 2 is 1.85 bits per heavy atom. The number of ketones is 1. The van der Waals surface area contributed by atoms with Crippen LogP contribution in [-0.2, 0) is 9.84 Å². The number of carbonyl (C=O) groups is 1. The Morgan fingerprint density at radius 1 is 1.15 bits per heavy atom. The van der Waals surface area contributed by atoms with Crippen LogP contribution in [0.3, 0.4) is 0 Å². The molecule has 3 nitrogen and oxygen atoms in total. The predicted molar refractivity (Wildman–Crippen MR) is 74.4 cm³/mol. The SMILES string of the molecule is CS(=O)(=O)c1cccc(C(=O)c2cc(F)ccc2Cl)c1. The molecule has 0 atom stereocenters. The zero-order valence-electron chi connectivity index (χ0n) is 10.4. The molecule has 0 radical (unpaired) electrons. The highest BCUT2D eigenvalue weighted by Gasteiger charge is 2.16. The number of halogens is 2. The van der Waals surface area contributed by atoms with E-state index in [0.717, 1.165) is 18.4 Å². The van der Waals surface area contributed by atoms with Crippen LogP contribution < -0.4 is 0 Å². The highest BCUT2D eigenvalue weighted by molar-refractivity contribution is 7.90. The summed E-state index contributed by atoms with van der Waals surface area (Å²) >= 11 is 5.86. The summed E-state index contributed by atoms with van der Waals surface area (Å²) in [4.78, 5) is 12.3. The van der Waals surface area contributed by atoms with Crippen molar-refractivity contribution >= 4 is 27.2 Å². The fourth-order valence-corrected chi connectivity index (χ4v) is 2.57. The van der Waals surface area contributed by atoms with Gasteiger partial charge in [0.05, 0.1) is 9.92 Å². The Bertz CT molecular complexity index is 785. The van der Waals surface area contributed by atoms with Gasteiger partial charge in [0.2, 0.25) is 0 Å². The largest absolute Gasteiger partial charge is 0.289 e. The third-order valence-electron chi connectivity index (χ3n) is 2.70. The van der Waals surface area contributed by atoms with Crippen LogP contribution in [0.2, 0.25) is 5.02 Å². The van der Waals surface area contributed by atoms with Crippen LogP contribution in [0.4, 0.5) is 4.39 Å². The Labute approximate surface area is 120 Å². The van der Waals surface area contributed by atoms with Gasteiger partial charge in [-0.1, -0.05) is 23.7 Å². The van der Waals surface area contributed by atoms with Gasteiger partial charge in [-0.25, -0.2) is 12.8 Å². The fraction of sp³-hybridized carbons (Fsp3) is 0.0714. The predicted octanol–water partition coefficient (Wildman–Crippen LogP) is 3.11. The topological polar surface area (TPSA) is 51.2 Å². The molecule has 104 valence electrons. The number of sulfone groups is 1. The molecule has 0 aromatic heterocycles. The van der Waals surface area contributed by atoms with Crippen LogP contribution in [0.15, 0.2) is 47.4 Å². The number of hydrogen-bond acceptors (Lipinski definition) is 3. The highest BCUT2D eigenvalue weighted by atomic mass is 35.5. The minimum Gasteiger partial charge on any atom is -0.289 e. The van der Waals surface area contributed by atoms with Crippen LogP contribution in [0.5, 0.6) is 0 Å². The summed E-state index contributed by atoms with van der Waals surface area (Å²) in [5.41, 5.74) is 0.137. The normalized spacial score (nSPS) is 11.3. The van der Waals surface area contributed by atoms with Gasteiger partial charge in [0.25, 0.3) is 0 Å². The molecule has 6 heteroatoms. The van der Waals surface area contributed by atoms with Gasteiger partial charge in [-0.2, -0.15) is 0 Å². The molecule has 0 saturated heterocycles. The molecule has 20 heavy (non-hydrogen) atoms. The molecule has 2 aromatic carbocycles. The van der Waals surface area contributed by atoms with Crippen molar-refractivity contribution in [3.05, 3.63) is 64.4 Å². The van der Waals surface area contributed by atoms with Gasteiger partial charge in [-0.15, -0.1) is 0 Å². The summed E-state index contributed by atoms with van der Waals surface area (Å²) in [5.74, 6) is -1.11. The first kappa shape index (κ1) is 14.7. The van der Waals surface area contributed by atoms with Crippen molar-refractivity contribution in [1.82, 2.24) is 0 Å². The maximum absolute atomic E-state index is 13.2. The van der Waals surface area contributed by atoms with E-state index in [2.05, 4.69) is 0 Å². The second-order valence-electron chi connectivity index (χ2n) is 4.25. The smallest absolute Gasteiger partial charge is 0.194 e. The third-order valence-corrected chi connectivity index (χ3v) is 4.14. The van der Waals surface area contributed by atoms with Gasteiger partial charge in [0.1, 0.15) is 5.82 Å². The summed E-state index contributed by atoms with van der Waals surface area (Å²) in [6.45, 7) is 0. The summed E-state index contributed by atoms with van der Waals surface area (Å²) in [6.07, 6.45) is 1.05. The molecule has 0 amide bonds.